The van der Waals surface area contributed by atoms with Gasteiger partial charge in [-0.05, 0) is 48.9 Å². The SMILES string of the molecule is COCCN1C(=O)C(=O)C(=C(O)c2ccc(OC)cc2C)[C@H]1c1cc(OC)ccc1OC. The van der Waals surface area contributed by atoms with Crippen molar-refractivity contribution in [2.75, 3.05) is 41.6 Å². The first kappa shape index (κ1) is 23.1. The molecule has 8 heteroatoms. The predicted molar refractivity (Wildman–Crippen MR) is 118 cm³/mol. The Balaban J connectivity index is 2.26. The molecule has 32 heavy (non-hydrogen) atoms. The summed E-state index contributed by atoms with van der Waals surface area (Å²) in [5.74, 6) is -0.159. The van der Waals surface area contributed by atoms with Gasteiger partial charge < -0.3 is 29.0 Å². The van der Waals surface area contributed by atoms with Gasteiger partial charge in [-0.1, -0.05) is 0 Å². The molecule has 0 saturated carbocycles. The van der Waals surface area contributed by atoms with Crippen LogP contribution in [0.5, 0.6) is 17.2 Å². The van der Waals surface area contributed by atoms with Crippen molar-refractivity contribution < 1.29 is 33.6 Å². The Kier molecular flexibility index (Phi) is 7.05. The fraction of sp³-hybridized carbons (Fsp3) is 0.333. The summed E-state index contributed by atoms with van der Waals surface area (Å²) < 4.78 is 21.2. The number of aliphatic hydroxyl groups is 1. The molecule has 3 rings (SSSR count). The molecular formula is C24H27NO7. The van der Waals surface area contributed by atoms with Crippen LogP contribution < -0.4 is 14.2 Å². The van der Waals surface area contributed by atoms with Crippen molar-refractivity contribution in [1.82, 2.24) is 4.90 Å². The molecule has 2 aromatic rings. The molecule has 1 aliphatic heterocycles. The number of aliphatic hydroxyl groups excluding tert-OH is 1. The predicted octanol–water partition coefficient (Wildman–Crippen LogP) is 3.09. The van der Waals surface area contributed by atoms with Crippen LogP contribution in [0, 0.1) is 6.92 Å². The molecule has 0 aliphatic carbocycles. The van der Waals surface area contributed by atoms with E-state index in [1.807, 2.05) is 0 Å². The van der Waals surface area contributed by atoms with Crippen LogP contribution in [0.1, 0.15) is 22.7 Å². The van der Waals surface area contributed by atoms with Gasteiger partial charge in [0.1, 0.15) is 23.0 Å². The molecule has 0 aromatic heterocycles. The van der Waals surface area contributed by atoms with E-state index in [1.165, 1.54) is 26.2 Å². The fourth-order valence-electron chi connectivity index (χ4n) is 3.85. The second kappa shape index (κ2) is 9.74. The third-order valence-electron chi connectivity index (χ3n) is 5.50. The topological polar surface area (TPSA) is 94.5 Å². The minimum absolute atomic E-state index is 0.0223. The second-order valence-corrected chi connectivity index (χ2v) is 7.27. The van der Waals surface area contributed by atoms with E-state index in [-0.39, 0.29) is 24.5 Å². The quantitative estimate of drug-likeness (QED) is 0.382. The Morgan fingerprint density at radius 3 is 2.22 bits per heavy atom. The fourth-order valence-corrected chi connectivity index (χ4v) is 3.85. The highest BCUT2D eigenvalue weighted by molar-refractivity contribution is 6.46. The Hall–Kier alpha value is -3.52. The monoisotopic (exact) mass is 441 g/mol. The maximum Gasteiger partial charge on any atom is 0.295 e. The number of hydrogen-bond acceptors (Lipinski definition) is 7. The maximum atomic E-state index is 13.1. The zero-order valence-electron chi connectivity index (χ0n) is 18.8. The van der Waals surface area contributed by atoms with E-state index in [0.29, 0.717) is 33.9 Å². The number of carbonyl (C=O) groups is 2. The molecule has 0 unspecified atom stereocenters. The number of nitrogens with zero attached hydrogens (tertiary/aromatic N) is 1. The van der Waals surface area contributed by atoms with Crippen LogP contribution in [0.3, 0.4) is 0 Å². The van der Waals surface area contributed by atoms with Crippen LogP contribution in [0.25, 0.3) is 5.76 Å². The largest absolute Gasteiger partial charge is 0.507 e. The third kappa shape index (κ3) is 4.13. The molecule has 1 aliphatic rings. The number of amides is 1. The van der Waals surface area contributed by atoms with Crippen molar-refractivity contribution in [3.8, 4) is 17.2 Å². The molecule has 2 aromatic carbocycles. The molecule has 0 spiro atoms. The average molecular weight is 441 g/mol. The number of ketones is 1. The number of carbonyl (C=O) groups excluding carboxylic acids is 2. The lowest BCUT2D eigenvalue weighted by atomic mass is 9.93. The van der Waals surface area contributed by atoms with Crippen molar-refractivity contribution in [3.63, 3.8) is 0 Å². The number of Topliss-reactive ketones (excluding diaryl/α,β-unsaturated/α-hetero) is 1. The summed E-state index contributed by atoms with van der Waals surface area (Å²) in [5, 5.41) is 11.3. The van der Waals surface area contributed by atoms with Crippen LogP contribution >= 0.6 is 0 Å². The highest BCUT2D eigenvalue weighted by Gasteiger charge is 2.47. The summed E-state index contributed by atoms with van der Waals surface area (Å²) in [7, 11) is 6.08. The molecule has 1 atom stereocenters. The van der Waals surface area contributed by atoms with E-state index in [2.05, 4.69) is 0 Å². The van der Waals surface area contributed by atoms with Crippen molar-refractivity contribution in [3.05, 3.63) is 58.7 Å². The minimum atomic E-state index is -0.878. The molecule has 1 N–H and O–H groups in total. The molecule has 1 fully saturated rings. The van der Waals surface area contributed by atoms with Crippen molar-refractivity contribution in [2.45, 2.75) is 13.0 Å². The summed E-state index contributed by atoms with van der Waals surface area (Å²) in [6.07, 6.45) is 0. The van der Waals surface area contributed by atoms with E-state index >= 15 is 0 Å². The van der Waals surface area contributed by atoms with Gasteiger partial charge in [0.15, 0.2) is 0 Å². The summed E-state index contributed by atoms with van der Waals surface area (Å²) in [5.41, 5.74) is 1.63. The van der Waals surface area contributed by atoms with Crippen molar-refractivity contribution >= 4 is 17.4 Å². The lowest BCUT2D eigenvalue weighted by molar-refractivity contribution is -0.140. The van der Waals surface area contributed by atoms with E-state index < -0.39 is 17.7 Å². The van der Waals surface area contributed by atoms with Gasteiger partial charge in [-0.15, -0.1) is 0 Å². The van der Waals surface area contributed by atoms with Gasteiger partial charge in [-0.3, -0.25) is 9.59 Å². The van der Waals surface area contributed by atoms with Crippen LogP contribution in [0.4, 0.5) is 0 Å². The normalized spacial score (nSPS) is 17.5. The first-order chi connectivity index (χ1) is 15.4. The van der Waals surface area contributed by atoms with Gasteiger partial charge in [0.05, 0.1) is 39.6 Å². The Morgan fingerprint density at radius 2 is 1.62 bits per heavy atom. The number of hydrogen-bond donors (Lipinski definition) is 1. The number of benzene rings is 2. The van der Waals surface area contributed by atoms with Crippen LogP contribution in [-0.4, -0.2) is 63.3 Å². The lowest BCUT2D eigenvalue weighted by Gasteiger charge is -2.26. The lowest BCUT2D eigenvalue weighted by Crippen LogP contribution is -2.32. The maximum absolute atomic E-state index is 13.1. The summed E-state index contributed by atoms with van der Waals surface area (Å²) in [6, 6.07) is 9.33. The molecular weight excluding hydrogens is 414 g/mol. The Morgan fingerprint density at radius 1 is 0.969 bits per heavy atom. The molecule has 8 nitrogen and oxygen atoms in total. The minimum Gasteiger partial charge on any atom is -0.507 e. The second-order valence-electron chi connectivity index (χ2n) is 7.27. The van der Waals surface area contributed by atoms with E-state index in [9.17, 15) is 14.7 Å². The molecule has 0 bridgehead atoms. The smallest absolute Gasteiger partial charge is 0.295 e. The van der Waals surface area contributed by atoms with Gasteiger partial charge in [-0.25, -0.2) is 0 Å². The number of rotatable bonds is 8. The zero-order chi connectivity index (χ0) is 23.4. The van der Waals surface area contributed by atoms with E-state index in [1.54, 1.807) is 50.4 Å². The van der Waals surface area contributed by atoms with Gasteiger partial charge in [0.25, 0.3) is 11.7 Å². The van der Waals surface area contributed by atoms with Crippen molar-refractivity contribution in [1.29, 1.82) is 0 Å². The van der Waals surface area contributed by atoms with E-state index in [0.717, 1.165) is 0 Å². The van der Waals surface area contributed by atoms with E-state index in [4.69, 9.17) is 18.9 Å². The van der Waals surface area contributed by atoms with Gasteiger partial charge in [0, 0.05) is 24.8 Å². The highest BCUT2D eigenvalue weighted by Crippen LogP contribution is 2.44. The van der Waals surface area contributed by atoms with Crippen LogP contribution in [-0.2, 0) is 14.3 Å². The summed E-state index contributed by atoms with van der Waals surface area (Å²) in [6.45, 7) is 2.17. The molecule has 1 saturated heterocycles. The van der Waals surface area contributed by atoms with Gasteiger partial charge in [0.2, 0.25) is 0 Å². The van der Waals surface area contributed by atoms with Crippen molar-refractivity contribution in [2.24, 2.45) is 0 Å². The third-order valence-corrected chi connectivity index (χ3v) is 5.50. The molecule has 1 heterocycles. The standard InChI is InChI=1S/C24H27NO7/c1-14-12-15(30-3)6-8-17(14)22(26)20-21(25(10-11-29-2)24(28)23(20)27)18-13-16(31-4)7-9-19(18)32-5/h6-9,12-13,21,26H,10-11H2,1-5H3/t21-/m1/s1. The van der Waals surface area contributed by atoms with Crippen LogP contribution in [0.15, 0.2) is 42.0 Å². The first-order valence-corrected chi connectivity index (χ1v) is 10.0. The highest BCUT2D eigenvalue weighted by atomic mass is 16.5. The average Bonchev–Trinajstić information content (AvgIpc) is 3.06. The number of aryl methyl sites for hydroxylation is 1. The number of methoxy groups -OCH3 is 4. The zero-order valence-corrected chi connectivity index (χ0v) is 18.8. The molecule has 0 radical (unpaired) electrons. The number of likely N-dealkylation sites (tertiary alicyclic amines) is 1. The summed E-state index contributed by atoms with van der Waals surface area (Å²) >= 11 is 0. The summed E-state index contributed by atoms with van der Waals surface area (Å²) in [4.78, 5) is 27.5. The Bertz CT molecular complexity index is 1060. The molecule has 170 valence electrons. The number of ether oxygens (including phenoxy) is 4. The first-order valence-electron chi connectivity index (χ1n) is 10.0. The Labute approximate surface area is 187 Å². The molecule has 1 amide bonds. The van der Waals surface area contributed by atoms with Gasteiger partial charge >= 0.3 is 0 Å². The van der Waals surface area contributed by atoms with Crippen LogP contribution in [0.2, 0.25) is 0 Å². The van der Waals surface area contributed by atoms with Gasteiger partial charge in [-0.2, -0.15) is 0 Å².